The Morgan fingerprint density at radius 2 is 2.20 bits per heavy atom. The second-order valence-corrected chi connectivity index (χ2v) is 9.82. The number of carbonyl (C=O) groups excluding carboxylic acids is 1. The number of ether oxygens (including phenoxy) is 1. The molecule has 0 amide bonds. The number of carboxylic acids is 1. The van der Waals surface area contributed by atoms with Crippen molar-refractivity contribution >= 4 is 45.0 Å². The van der Waals surface area contributed by atoms with E-state index in [-0.39, 0.29) is 38.1 Å². The molecule has 0 bridgehead atoms. The highest BCUT2D eigenvalue weighted by Gasteiger charge is 2.42. The van der Waals surface area contributed by atoms with Gasteiger partial charge in [0, 0.05) is 47.3 Å². The lowest BCUT2D eigenvalue weighted by Crippen LogP contribution is -2.59. The van der Waals surface area contributed by atoms with Crippen LogP contribution in [0.4, 0.5) is 8.78 Å². The third-order valence-corrected chi connectivity index (χ3v) is 7.29. The van der Waals surface area contributed by atoms with Gasteiger partial charge in [-0.3, -0.25) is 14.7 Å². The number of nitrogens with one attached hydrogen (secondary N) is 1. The zero-order valence-electron chi connectivity index (χ0n) is 18.7. The zero-order chi connectivity index (χ0) is 25.1. The fourth-order valence-electron chi connectivity index (χ4n) is 4.16. The van der Waals surface area contributed by atoms with Crippen LogP contribution < -0.4 is 5.32 Å². The van der Waals surface area contributed by atoms with Crippen LogP contribution in [0.25, 0.3) is 0 Å². The number of amidine groups is 1. The Kier molecular flexibility index (Phi) is 7.92. The van der Waals surface area contributed by atoms with Crippen LogP contribution in [0.1, 0.15) is 36.4 Å². The van der Waals surface area contributed by atoms with Crippen LogP contribution in [0.3, 0.4) is 0 Å². The summed E-state index contributed by atoms with van der Waals surface area (Å²) in [6.45, 7) is 2.08. The van der Waals surface area contributed by atoms with Gasteiger partial charge in [-0.15, -0.1) is 11.3 Å². The molecule has 3 heterocycles. The second kappa shape index (κ2) is 10.9. The number of carboxylic acid groups (broad SMARTS) is 1. The molecule has 0 saturated carbocycles. The lowest BCUT2D eigenvalue weighted by atomic mass is 9.92. The smallest absolute Gasteiger partial charge is 0.338 e. The Morgan fingerprint density at radius 1 is 1.40 bits per heavy atom. The Hall–Kier alpha value is -2.70. The topological polar surface area (TPSA) is 104 Å². The number of carbonyl (C=O) groups is 2. The van der Waals surface area contributed by atoms with Crippen molar-refractivity contribution in [2.24, 2.45) is 4.99 Å². The van der Waals surface area contributed by atoms with Gasteiger partial charge in [0.25, 0.3) is 0 Å². The molecule has 1 aromatic heterocycles. The molecule has 0 spiro atoms. The van der Waals surface area contributed by atoms with Crippen molar-refractivity contribution in [3.63, 3.8) is 0 Å². The summed E-state index contributed by atoms with van der Waals surface area (Å²) in [6, 6.07) is 2.71. The number of benzene rings is 1. The number of rotatable bonds is 9. The van der Waals surface area contributed by atoms with Crippen molar-refractivity contribution < 1.29 is 28.2 Å². The molecule has 0 radical (unpaired) electrons. The monoisotopic (exact) mass is 568 g/mol. The van der Waals surface area contributed by atoms with Crippen molar-refractivity contribution in [3.8, 4) is 0 Å². The molecule has 2 aliphatic rings. The highest BCUT2D eigenvalue weighted by Crippen LogP contribution is 2.38. The standard InChI is InChI=1S/C23H23BrF2N4O4S/c1-2-34-23(33)19-16(11-30-10-15(26)17(30)5-6-18(31)32)28-21(22-27-7-8-35-22)29-20(19)13-4-3-12(25)9-14(13)24/h3-4,7-9,15,17,20H,2,5-6,10-11H2,1H3,(H,28,29)(H,31,32). The molecule has 35 heavy (non-hydrogen) atoms. The van der Waals surface area contributed by atoms with E-state index in [2.05, 4.69) is 26.2 Å². The van der Waals surface area contributed by atoms with Crippen LogP contribution in [-0.4, -0.2) is 64.7 Å². The number of aromatic nitrogens is 1. The van der Waals surface area contributed by atoms with Crippen LogP contribution >= 0.6 is 27.3 Å². The Labute approximate surface area is 212 Å². The Balaban J connectivity index is 1.76. The molecule has 12 heteroatoms. The van der Waals surface area contributed by atoms with E-state index < -0.39 is 36.0 Å². The summed E-state index contributed by atoms with van der Waals surface area (Å²) >= 11 is 4.73. The van der Waals surface area contributed by atoms with E-state index in [4.69, 9.17) is 14.8 Å². The van der Waals surface area contributed by atoms with E-state index >= 15 is 0 Å². The highest BCUT2D eigenvalue weighted by molar-refractivity contribution is 9.10. The fraction of sp³-hybridized carbons (Fsp3) is 0.391. The largest absolute Gasteiger partial charge is 0.481 e. The molecule has 2 aromatic rings. The van der Waals surface area contributed by atoms with E-state index in [1.165, 1.54) is 23.5 Å². The number of hydrogen-bond donors (Lipinski definition) is 2. The van der Waals surface area contributed by atoms with Crippen LogP contribution in [0, 0.1) is 5.82 Å². The predicted octanol–water partition coefficient (Wildman–Crippen LogP) is 3.84. The molecule has 1 fully saturated rings. The third kappa shape index (κ3) is 5.60. The van der Waals surface area contributed by atoms with Gasteiger partial charge in [0.2, 0.25) is 0 Å². The molecule has 3 unspecified atom stereocenters. The summed E-state index contributed by atoms with van der Waals surface area (Å²) < 4.78 is 33.9. The maximum atomic E-state index is 14.3. The van der Waals surface area contributed by atoms with Gasteiger partial charge in [-0.05, 0) is 31.0 Å². The lowest BCUT2D eigenvalue weighted by Gasteiger charge is -2.45. The number of esters is 1. The first-order valence-corrected chi connectivity index (χ1v) is 12.7. The number of thiazole rings is 1. The molecule has 2 aliphatic heterocycles. The molecule has 2 N–H and O–H groups in total. The van der Waals surface area contributed by atoms with Crippen LogP contribution in [0.2, 0.25) is 0 Å². The molecular weight excluding hydrogens is 546 g/mol. The third-order valence-electron chi connectivity index (χ3n) is 5.82. The van der Waals surface area contributed by atoms with E-state index in [1.807, 2.05) is 0 Å². The van der Waals surface area contributed by atoms with Gasteiger partial charge in [0.05, 0.1) is 12.2 Å². The molecule has 186 valence electrons. The van der Waals surface area contributed by atoms with E-state index in [1.54, 1.807) is 29.5 Å². The first-order chi connectivity index (χ1) is 16.8. The minimum atomic E-state index is -1.15. The summed E-state index contributed by atoms with van der Waals surface area (Å²) in [6.07, 6.45) is 0.468. The normalized spacial score (nSPS) is 22.3. The molecule has 1 saturated heterocycles. The lowest BCUT2D eigenvalue weighted by molar-refractivity contribution is -0.139. The fourth-order valence-corrected chi connectivity index (χ4v) is 5.31. The maximum absolute atomic E-state index is 14.3. The summed E-state index contributed by atoms with van der Waals surface area (Å²) in [5, 5.41) is 14.6. The number of hydrogen-bond acceptors (Lipinski definition) is 8. The summed E-state index contributed by atoms with van der Waals surface area (Å²) in [5.41, 5.74) is 1.23. The average molecular weight is 569 g/mol. The average Bonchev–Trinajstić information content (AvgIpc) is 3.33. The van der Waals surface area contributed by atoms with Gasteiger partial charge in [0.1, 0.15) is 18.0 Å². The highest BCUT2D eigenvalue weighted by atomic mass is 79.9. The van der Waals surface area contributed by atoms with E-state index in [0.717, 1.165) is 0 Å². The number of alkyl halides is 1. The van der Waals surface area contributed by atoms with E-state index in [0.29, 0.717) is 26.6 Å². The second-order valence-electron chi connectivity index (χ2n) is 8.07. The van der Waals surface area contributed by atoms with Gasteiger partial charge in [-0.1, -0.05) is 22.0 Å². The Bertz CT molecular complexity index is 1170. The van der Waals surface area contributed by atoms with Gasteiger partial charge >= 0.3 is 11.9 Å². The maximum Gasteiger partial charge on any atom is 0.338 e. The minimum Gasteiger partial charge on any atom is -0.481 e. The number of halogens is 3. The summed E-state index contributed by atoms with van der Waals surface area (Å²) in [4.78, 5) is 35.0. The van der Waals surface area contributed by atoms with Crippen molar-refractivity contribution in [1.29, 1.82) is 0 Å². The summed E-state index contributed by atoms with van der Waals surface area (Å²) in [7, 11) is 0. The van der Waals surface area contributed by atoms with Crippen LogP contribution in [-0.2, 0) is 14.3 Å². The number of likely N-dealkylation sites (tertiary alicyclic amines) is 1. The molecule has 1 aromatic carbocycles. The molecular formula is C23H23BrF2N4O4S. The van der Waals surface area contributed by atoms with E-state index in [9.17, 15) is 18.4 Å². The number of nitrogens with zero attached hydrogens (tertiary/aromatic N) is 3. The minimum absolute atomic E-state index is 0.111. The SMILES string of the molecule is CCOC(=O)C1=C(CN2CC(F)C2CCC(=O)O)NC(c2nccs2)=NC1c1ccc(F)cc1Br. The van der Waals surface area contributed by atoms with Gasteiger partial charge in [-0.25, -0.2) is 18.6 Å². The molecule has 3 atom stereocenters. The van der Waals surface area contributed by atoms with Crippen molar-refractivity contribution in [2.45, 2.75) is 38.0 Å². The van der Waals surface area contributed by atoms with Gasteiger partial charge in [-0.2, -0.15) is 0 Å². The zero-order valence-corrected chi connectivity index (χ0v) is 21.1. The van der Waals surface area contributed by atoms with Crippen molar-refractivity contribution in [2.75, 3.05) is 19.7 Å². The first kappa shape index (κ1) is 25.4. The number of aliphatic carboxylic acids is 1. The molecule has 4 rings (SSSR count). The first-order valence-electron chi connectivity index (χ1n) is 11.0. The quantitative estimate of drug-likeness (QED) is 0.443. The predicted molar refractivity (Wildman–Crippen MR) is 129 cm³/mol. The number of aliphatic imine (C=N–C) groups is 1. The van der Waals surface area contributed by atoms with Crippen molar-refractivity contribution in [3.05, 3.63) is 61.9 Å². The van der Waals surface area contributed by atoms with Crippen LogP contribution in [0.5, 0.6) is 0 Å². The van der Waals surface area contributed by atoms with Gasteiger partial charge in [0.15, 0.2) is 10.8 Å². The summed E-state index contributed by atoms with van der Waals surface area (Å²) in [5.74, 6) is -1.62. The van der Waals surface area contributed by atoms with Crippen molar-refractivity contribution in [1.82, 2.24) is 15.2 Å². The van der Waals surface area contributed by atoms with Crippen LogP contribution in [0.15, 0.2) is 50.5 Å². The Morgan fingerprint density at radius 3 is 2.83 bits per heavy atom. The molecule has 0 aliphatic carbocycles. The van der Waals surface area contributed by atoms with Gasteiger partial charge < -0.3 is 15.2 Å². The molecule has 8 nitrogen and oxygen atoms in total.